The van der Waals surface area contributed by atoms with Crippen LogP contribution in [-0.4, -0.2) is 13.1 Å². The van der Waals surface area contributed by atoms with Crippen molar-refractivity contribution in [1.29, 1.82) is 5.26 Å². The van der Waals surface area contributed by atoms with Gasteiger partial charge in [0, 0.05) is 18.8 Å². The second kappa shape index (κ2) is 5.27. The Balaban J connectivity index is 2.17. The van der Waals surface area contributed by atoms with E-state index in [1.54, 1.807) is 6.07 Å². The van der Waals surface area contributed by atoms with Gasteiger partial charge in [-0.15, -0.1) is 0 Å². The summed E-state index contributed by atoms with van der Waals surface area (Å²) >= 11 is 6.09. The summed E-state index contributed by atoms with van der Waals surface area (Å²) in [6, 6.07) is 7.74. The van der Waals surface area contributed by atoms with Crippen molar-refractivity contribution in [2.24, 2.45) is 5.41 Å². The van der Waals surface area contributed by atoms with E-state index in [1.165, 1.54) is 5.57 Å². The third-order valence-corrected chi connectivity index (χ3v) is 3.92. The topological polar surface area (TPSA) is 27.0 Å². The highest BCUT2D eigenvalue weighted by Crippen LogP contribution is 2.32. The third-order valence-electron chi connectivity index (χ3n) is 3.61. The van der Waals surface area contributed by atoms with Crippen LogP contribution in [0.2, 0.25) is 5.02 Å². The van der Waals surface area contributed by atoms with Gasteiger partial charge in [0.05, 0.1) is 10.6 Å². The average Bonchev–Trinajstić information content (AvgIpc) is 2.38. The number of hydrogen-bond donors (Lipinski definition) is 0. The summed E-state index contributed by atoms with van der Waals surface area (Å²) in [5, 5.41) is 9.42. The lowest BCUT2D eigenvalue weighted by molar-refractivity contribution is 0.472. The van der Waals surface area contributed by atoms with E-state index in [0.717, 1.165) is 25.2 Å². The molecule has 0 aliphatic carbocycles. The summed E-state index contributed by atoms with van der Waals surface area (Å²) in [6.07, 6.45) is 3.40. The highest BCUT2D eigenvalue weighted by atomic mass is 35.5. The molecule has 2 rings (SSSR count). The molecule has 1 aromatic rings. The standard InChI is InChI=1S/C16H19ClN2/c1-16(2,3)13-6-8-19(9-7-13)14-5-4-12(11-18)15(17)10-14/h4-6,10H,7-9H2,1-3H3. The zero-order valence-corrected chi connectivity index (χ0v) is 12.5. The lowest BCUT2D eigenvalue weighted by Gasteiger charge is -2.33. The molecule has 0 saturated carbocycles. The van der Waals surface area contributed by atoms with Gasteiger partial charge in [-0.2, -0.15) is 5.26 Å². The highest BCUT2D eigenvalue weighted by Gasteiger charge is 2.21. The van der Waals surface area contributed by atoms with Crippen LogP contribution in [0.3, 0.4) is 0 Å². The predicted molar refractivity (Wildman–Crippen MR) is 80.5 cm³/mol. The van der Waals surface area contributed by atoms with E-state index >= 15 is 0 Å². The van der Waals surface area contributed by atoms with E-state index < -0.39 is 0 Å². The first-order valence-electron chi connectivity index (χ1n) is 6.56. The molecule has 3 heteroatoms. The van der Waals surface area contributed by atoms with E-state index in [-0.39, 0.29) is 5.41 Å². The summed E-state index contributed by atoms with van der Waals surface area (Å²) in [5.74, 6) is 0. The minimum atomic E-state index is 0.258. The second-order valence-electron chi connectivity index (χ2n) is 5.95. The van der Waals surface area contributed by atoms with Crippen LogP contribution in [0.25, 0.3) is 0 Å². The minimum absolute atomic E-state index is 0.258. The summed E-state index contributed by atoms with van der Waals surface area (Å²) < 4.78 is 0. The van der Waals surface area contributed by atoms with Crippen LogP contribution in [0.15, 0.2) is 29.8 Å². The second-order valence-corrected chi connectivity index (χ2v) is 6.36. The summed E-state index contributed by atoms with van der Waals surface area (Å²) in [4.78, 5) is 2.29. The first-order chi connectivity index (χ1) is 8.91. The maximum atomic E-state index is 8.89. The van der Waals surface area contributed by atoms with E-state index in [1.807, 2.05) is 12.1 Å². The molecule has 100 valence electrons. The van der Waals surface area contributed by atoms with E-state index in [9.17, 15) is 0 Å². The van der Waals surface area contributed by atoms with Crippen molar-refractivity contribution >= 4 is 17.3 Å². The number of benzene rings is 1. The van der Waals surface area contributed by atoms with E-state index in [0.29, 0.717) is 10.6 Å². The molecule has 0 fully saturated rings. The number of anilines is 1. The molecular formula is C16H19ClN2. The van der Waals surface area contributed by atoms with Gasteiger partial charge in [0.2, 0.25) is 0 Å². The molecule has 0 bridgehead atoms. The molecular weight excluding hydrogens is 256 g/mol. The van der Waals surface area contributed by atoms with Crippen LogP contribution in [-0.2, 0) is 0 Å². The van der Waals surface area contributed by atoms with Gasteiger partial charge in [0.1, 0.15) is 6.07 Å². The lowest BCUT2D eigenvalue weighted by Crippen LogP contribution is -2.31. The number of hydrogen-bond acceptors (Lipinski definition) is 2. The van der Waals surface area contributed by atoms with Crippen LogP contribution >= 0.6 is 11.6 Å². The van der Waals surface area contributed by atoms with Crippen LogP contribution < -0.4 is 4.90 Å². The van der Waals surface area contributed by atoms with Crippen LogP contribution in [0.4, 0.5) is 5.69 Å². The molecule has 0 spiro atoms. The molecule has 0 unspecified atom stereocenters. The molecule has 0 amide bonds. The van der Waals surface area contributed by atoms with Crippen LogP contribution in [0.1, 0.15) is 32.8 Å². The molecule has 0 radical (unpaired) electrons. The zero-order valence-electron chi connectivity index (χ0n) is 11.7. The fourth-order valence-corrected chi connectivity index (χ4v) is 2.59. The van der Waals surface area contributed by atoms with Gasteiger partial charge in [-0.1, -0.05) is 44.0 Å². The summed E-state index contributed by atoms with van der Waals surface area (Å²) in [7, 11) is 0. The average molecular weight is 275 g/mol. The van der Waals surface area contributed by atoms with Crippen molar-refractivity contribution in [3.05, 3.63) is 40.4 Å². The van der Waals surface area contributed by atoms with Gasteiger partial charge in [-0.3, -0.25) is 0 Å². The monoisotopic (exact) mass is 274 g/mol. The van der Waals surface area contributed by atoms with Gasteiger partial charge in [0.25, 0.3) is 0 Å². The Morgan fingerprint density at radius 3 is 2.53 bits per heavy atom. The normalized spacial score (nSPS) is 15.9. The molecule has 1 aliphatic rings. The molecule has 0 N–H and O–H groups in total. The van der Waals surface area contributed by atoms with Gasteiger partial charge in [-0.05, 0) is 30.0 Å². The van der Waals surface area contributed by atoms with Crippen molar-refractivity contribution in [3.63, 3.8) is 0 Å². The number of rotatable bonds is 1. The lowest BCUT2D eigenvalue weighted by atomic mass is 9.83. The Bertz CT molecular complexity index is 547. The van der Waals surface area contributed by atoms with Crippen molar-refractivity contribution < 1.29 is 0 Å². The molecule has 2 nitrogen and oxygen atoms in total. The maximum absolute atomic E-state index is 8.89. The Labute approximate surface area is 120 Å². The van der Waals surface area contributed by atoms with Gasteiger partial charge < -0.3 is 4.90 Å². The van der Waals surface area contributed by atoms with E-state index in [2.05, 4.69) is 37.8 Å². The maximum Gasteiger partial charge on any atom is 0.101 e. The third kappa shape index (κ3) is 3.11. The Morgan fingerprint density at radius 1 is 1.32 bits per heavy atom. The van der Waals surface area contributed by atoms with Gasteiger partial charge in [0.15, 0.2) is 0 Å². The van der Waals surface area contributed by atoms with Gasteiger partial charge in [-0.25, -0.2) is 0 Å². The zero-order chi connectivity index (χ0) is 14.0. The largest absolute Gasteiger partial charge is 0.367 e. The Morgan fingerprint density at radius 2 is 2.05 bits per heavy atom. The molecule has 19 heavy (non-hydrogen) atoms. The number of nitriles is 1. The Hall–Kier alpha value is -1.46. The Kier molecular flexibility index (Phi) is 3.87. The highest BCUT2D eigenvalue weighted by molar-refractivity contribution is 6.32. The fraction of sp³-hybridized carbons (Fsp3) is 0.438. The fourth-order valence-electron chi connectivity index (χ4n) is 2.38. The molecule has 1 aromatic carbocycles. The number of halogens is 1. The minimum Gasteiger partial charge on any atom is -0.367 e. The van der Waals surface area contributed by atoms with Crippen molar-refractivity contribution in [3.8, 4) is 6.07 Å². The SMILES string of the molecule is CC(C)(C)C1=CCN(c2ccc(C#N)c(Cl)c2)CC1. The molecule has 0 atom stereocenters. The first-order valence-corrected chi connectivity index (χ1v) is 6.94. The number of nitrogens with zero attached hydrogens (tertiary/aromatic N) is 2. The predicted octanol–water partition coefficient (Wildman–Crippen LogP) is 4.39. The van der Waals surface area contributed by atoms with Crippen molar-refractivity contribution in [2.45, 2.75) is 27.2 Å². The summed E-state index contributed by atoms with van der Waals surface area (Å²) in [6.45, 7) is 8.69. The van der Waals surface area contributed by atoms with Crippen LogP contribution in [0.5, 0.6) is 0 Å². The molecule has 0 aromatic heterocycles. The first kappa shape index (κ1) is 14.0. The molecule has 1 heterocycles. The van der Waals surface area contributed by atoms with Crippen molar-refractivity contribution in [2.75, 3.05) is 18.0 Å². The summed E-state index contributed by atoms with van der Waals surface area (Å²) in [5.41, 5.74) is 3.40. The van der Waals surface area contributed by atoms with Crippen molar-refractivity contribution in [1.82, 2.24) is 0 Å². The molecule has 0 saturated heterocycles. The van der Waals surface area contributed by atoms with Gasteiger partial charge >= 0.3 is 0 Å². The van der Waals surface area contributed by atoms with Crippen LogP contribution in [0, 0.1) is 16.7 Å². The smallest absolute Gasteiger partial charge is 0.101 e. The van der Waals surface area contributed by atoms with E-state index in [4.69, 9.17) is 16.9 Å². The quantitative estimate of drug-likeness (QED) is 0.710. The molecule has 1 aliphatic heterocycles.